The predicted molar refractivity (Wildman–Crippen MR) is 139 cm³/mol. The van der Waals surface area contributed by atoms with Crippen molar-refractivity contribution in [3.8, 4) is 0 Å². The van der Waals surface area contributed by atoms with E-state index in [-0.39, 0.29) is 17.0 Å². The number of fused-ring (bicyclic) bond motifs is 3. The van der Waals surface area contributed by atoms with Crippen LogP contribution in [0, 0.1) is 5.41 Å². The minimum Gasteiger partial charge on any atom is -0.440 e. The van der Waals surface area contributed by atoms with Gasteiger partial charge in [-0.1, -0.05) is 36.4 Å². The molecule has 0 amide bonds. The summed E-state index contributed by atoms with van der Waals surface area (Å²) in [6.07, 6.45) is 4.60. The fourth-order valence-corrected chi connectivity index (χ4v) is 6.65. The molecule has 1 atom stereocenters. The monoisotopic (exact) mass is 493 g/mol. The molecule has 37 heavy (non-hydrogen) atoms. The van der Waals surface area contributed by atoms with Gasteiger partial charge in [0.05, 0.1) is 11.1 Å². The Hall–Kier alpha value is -3.98. The molecule has 2 aliphatic carbocycles. The van der Waals surface area contributed by atoms with Crippen molar-refractivity contribution in [3.05, 3.63) is 81.6 Å². The van der Waals surface area contributed by atoms with Crippen LogP contribution in [0.25, 0.3) is 22.1 Å². The fraction of sp³-hybridized carbons (Fsp3) is 0.357. The normalized spacial score (nSPS) is 21.6. The molecule has 4 heterocycles. The van der Waals surface area contributed by atoms with Crippen molar-refractivity contribution in [1.82, 2.24) is 25.1 Å². The third-order valence-electron chi connectivity index (χ3n) is 8.98. The molecule has 3 aliphatic rings. The van der Waals surface area contributed by atoms with E-state index in [2.05, 4.69) is 44.3 Å². The van der Waals surface area contributed by atoms with E-state index in [0.717, 1.165) is 56.3 Å². The van der Waals surface area contributed by atoms with Crippen LogP contribution in [-0.2, 0) is 11.8 Å². The van der Waals surface area contributed by atoms with Crippen LogP contribution < -0.4 is 16.2 Å². The van der Waals surface area contributed by atoms with E-state index in [1.54, 1.807) is 0 Å². The molecule has 0 unspecified atom stereocenters. The molecule has 1 saturated carbocycles. The summed E-state index contributed by atoms with van der Waals surface area (Å²) in [7, 11) is 0. The van der Waals surface area contributed by atoms with Gasteiger partial charge in [-0.15, -0.1) is 0 Å². The molecular formula is C28H27N7O2. The minimum atomic E-state index is -0.488. The van der Waals surface area contributed by atoms with E-state index in [1.165, 1.54) is 11.1 Å². The second-order valence-corrected chi connectivity index (χ2v) is 11.0. The number of nitrogens with two attached hydrogens (primary N) is 1. The maximum atomic E-state index is 13.4. The number of oxazole rings is 1. The van der Waals surface area contributed by atoms with Crippen LogP contribution in [0.2, 0.25) is 0 Å². The summed E-state index contributed by atoms with van der Waals surface area (Å²) in [4.78, 5) is 28.1. The van der Waals surface area contributed by atoms with Crippen molar-refractivity contribution in [2.24, 2.45) is 11.1 Å². The zero-order chi connectivity index (χ0) is 24.8. The van der Waals surface area contributed by atoms with Gasteiger partial charge in [-0.3, -0.25) is 14.9 Å². The first-order chi connectivity index (χ1) is 18.1. The van der Waals surface area contributed by atoms with Crippen molar-refractivity contribution in [1.29, 1.82) is 0 Å². The number of piperidine rings is 1. The molecule has 5 aromatic rings. The highest BCUT2D eigenvalue weighted by molar-refractivity contribution is 5.81. The first kappa shape index (κ1) is 21.1. The molecule has 3 aromatic heterocycles. The van der Waals surface area contributed by atoms with Crippen LogP contribution >= 0.6 is 0 Å². The van der Waals surface area contributed by atoms with Crippen LogP contribution in [0.4, 0.5) is 5.95 Å². The molecule has 186 valence electrons. The van der Waals surface area contributed by atoms with Gasteiger partial charge in [-0.2, -0.15) is 10.1 Å². The lowest BCUT2D eigenvalue weighted by Gasteiger charge is -2.42. The average molecular weight is 494 g/mol. The molecule has 4 N–H and O–H groups in total. The zero-order valence-electron chi connectivity index (χ0n) is 20.3. The summed E-state index contributed by atoms with van der Waals surface area (Å²) in [6, 6.07) is 16.3. The topological polar surface area (TPSA) is 130 Å². The lowest BCUT2D eigenvalue weighted by Crippen LogP contribution is -2.45. The Morgan fingerprint density at radius 2 is 1.78 bits per heavy atom. The molecular weight excluding hydrogens is 466 g/mol. The van der Waals surface area contributed by atoms with Gasteiger partial charge >= 0.3 is 0 Å². The summed E-state index contributed by atoms with van der Waals surface area (Å²) in [6.45, 7) is 1.59. The number of aromatic amines is 2. The Morgan fingerprint density at radius 3 is 2.57 bits per heavy atom. The molecule has 1 aliphatic heterocycles. The van der Waals surface area contributed by atoms with E-state index < -0.39 is 5.41 Å². The standard InChI is InChI=1S/C28H27N7O2/c29-21-17-6-2-1-5-16(17)15-27(21)11-13-35(14-12-27)26-31-23-20(24(36)32-26)22(33-34-23)28(9-10-28)25-30-18-7-3-4-8-19(18)37-25/h1-8,21H,9-15,29H2,(H2,31,32,33,34,36)/t21-/m1/s1. The lowest BCUT2D eigenvalue weighted by atomic mass is 9.73. The second kappa shape index (κ2) is 7.29. The van der Waals surface area contributed by atoms with E-state index in [1.807, 2.05) is 24.3 Å². The van der Waals surface area contributed by atoms with Crippen LogP contribution in [0.3, 0.4) is 0 Å². The number of H-pyrrole nitrogens is 2. The fourth-order valence-electron chi connectivity index (χ4n) is 6.65. The van der Waals surface area contributed by atoms with Crippen LogP contribution in [0.1, 0.15) is 54.4 Å². The van der Waals surface area contributed by atoms with Gasteiger partial charge < -0.3 is 15.1 Å². The number of hydrogen-bond donors (Lipinski definition) is 3. The second-order valence-electron chi connectivity index (χ2n) is 11.0. The van der Waals surface area contributed by atoms with Gasteiger partial charge in [-0.25, -0.2) is 4.98 Å². The number of nitrogens with one attached hydrogen (secondary N) is 2. The highest BCUT2D eigenvalue weighted by Crippen LogP contribution is 2.54. The molecule has 1 saturated heterocycles. The Kier molecular flexibility index (Phi) is 4.16. The lowest BCUT2D eigenvalue weighted by molar-refractivity contribution is 0.187. The largest absolute Gasteiger partial charge is 0.440 e. The molecule has 2 aromatic carbocycles. The van der Waals surface area contributed by atoms with Crippen molar-refractivity contribution in [2.45, 2.75) is 43.6 Å². The Labute approximate surface area is 212 Å². The van der Waals surface area contributed by atoms with E-state index in [0.29, 0.717) is 28.6 Å². The third kappa shape index (κ3) is 2.94. The number of hydrogen-bond acceptors (Lipinski definition) is 7. The van der Waals surface area contributed by atoms with Gasteiger partial charge in [0.1, 0.15) is 10.9 Å². The molecule has 9 nitrogen and oxygen atoms in total. The molecule has 0 radical (unpaired) electrons. The van der Waals surface area contributed by atoms with Crippen LogP contribution in [0.5, 0.6) is 0 Å². The highest BCUT2D eigenvalue weighted by Gasteiger charge is 2.54. The Balaban J connectivity index is 1.09. The number of rotatable bonds is 3. The van der Waals surface area contributed by atoms with E-state index >= 15 is 0 Å². The van der Waals surface area contributed by atoms with Crippen LogP contribution in [0.15, 0.2) is 57.7 Å². The average Bonchev–Trinajstić information content (AvgIpc) is 3.28. The number of benzene rings is 2. The van der Waals surface area contributed by atoms with Crippen molar-refractivity contribution >= 4 is 28.1 Å². The maximum absolute atomic E-state index is 13.4. The molecule has 0 bridgehead atoms. The molecule has 1 spiro atoms. The number of anilines is 1. The zero-order valence-corrected chi connectivity index (χ0v) is 20.3. The van der Waals surface area contributed by atoms with Gasteiger partial charge in [0, 0.05) is 19.1 Å². The Bertz CT molecular complexity index is 1700. The summed E-state index contributed by atoms with van der Waals surface area (Å²) in [5.41, 5.74) is 11.5. The Morgan fingerprint density at radius 1 is 1.00 bits per heavy atom. The van der Waals surface area contributed by atoms with Gasteiger partial charge in [0.25, 0.3) is 5.56 Å². The van der Waals surface area contributed by atoms with Gasteiger partial charge in [-0.05, 0) is 60.8 Å². The quantitative estimate of drug-likeness (QED) is 0.349. The van der Waals surface area contributed by atoms with E-state index in [4.69, 9.17) is 20.1 Å². The third-order valence-corrected chi connectivity index (χ3v) is 8.98. The molecule has 8 rings (SSSR count). The molecule has 2 fully saturated rings. The van der Waals surface area contributed by atoms with Crippen molar-refractivity contribution < 1.29 is 4.42 Å². The number of aromatic nitrogens is 5. The van der Waals surface area contributed by atoms with E-state index in [9.17, 15) is 4.79 Å². The molecule has 9 heteroatoms. The predicted octanol–water partition coefficient (Wildman–Crippen LogP) is 3.71. The van der Waals surface area contributed by atoms with Gasteiger partial charge in [0.15, 0.2) is 11.2 Å². The number of para-hydroxylation sites is 2. The highest BCUT2D eigenvalue weighted by atomic mass is 16.3. The van der Waals surface area contributed by atoms with Gasteiger partial charge in [0.2, 0.25) is 11.8 Å². The summed E-state index contributed by atoms with van der Waals surface area (Å²) >= 11 is 0. The smallest absolute Gasteiger partial charge is 0.263 e. The van der Waals surface area contributed by atoms with Crippen molar-refractivity contribution in [2.75, 3.05) is 18.0 Å². The number of nitrogens with zero attached hydrogens (tertiary/aromatic N) is 4. The maximum Gasteiger partial charge on any atom is 0.263 e. The first-order valence-electron chi connectivity index (χ1n) is 13.0. The summed E-state index contributed by atoms with van der Waals surface area (Å²) < 4.78 is 6.09. The first-order valence-corrected chi connectivity index (χ1v) is 13.0. The summed E-state index contributed by atoms with van der Waals surface area (Å²) in [5.74, 6) is 1.19. The van der Waals surface area contributed by atoms with Crippen LogP contribution in [-0.4, -0.2) is 38.2 Å². The SMILES string of the molecule is N[C@@H]1c2ccccc2CC12CCN(c1nc3[nH]nc(C4(c5nc6ccccc6o5)CC4)c3c(=O)[nH]1)CC2. The minimum absolute atomic E-state index is 0.0529. The summed E-state index contributed by atoms with van der Waals surface area (Å²) in [5, 5.41) is 8.09. The van der Waals surface area contributed by atoms with Crippen molar-refractivity contribution in [3.63, 3.8) is 0 Å².